The number of aromatic amines is 1. The maximum atomic E-state index is 11.9. The fourth-order valence-electron chi connectivity index (χ4n) is 2.09. The Morgan fingerprint density at radius 1 is 1.33 bits per heavy atom. The summed E-state index contributed by atoms with van der Waals surface area (Å²) in [5.41, 5.74) is 6.13. The van der Waals surface area contributed by atoms with Gasteiger partial charge in [-0.25, -0.2) is 4.79 Å². The molecule has 0 aliphatic carbocycles. The van der Waals surface area contributed by atoms with Crippen LogP contribution < -0.4 is 22.3 Å². The van der Waals surface area contributed by atoms with Crippen LogP contribution in [0.15, 0.2) is 38.3 Å². The summed E-state index contributed by atoms with van der Waals surface area (Å²) >= 11 is 3.38. The van der Waals surface area contributed by atoms with Gasteiger partial charge < -0.3 is 11.1 Å². The molecule has 1 aromatic heterocycles. The summed E-state index contributed by atoms with van der Waals surface area (Å²) in [6.45, 7) is 4.10. The van der Waals surface area contributed by atoms with Crippen LogP contribution in [0.3, 0.4) is 0 Å². The second-order valence-electron chi connectivity index (χ2n) is 4.68. The summed E-state index contributed by atoms with van der Waals surface area (Å²) in [6, 6.07) is 7.62. The standard InChI is InChI=1S/C14H17BrN4O2/c1-3-19-12(16)11(13(20)18-14(19)21)17-8(2)9-4-6-10(15)7-5-9/h4-8,17H,3,16H2,1-2H3,(H,18,20,21). The lowest BCUT2D eigenvalue weighted by Crippen LogP contribution is -2.34. The Hall–Kier alpha value is -2.02. The summed E-state index contributed by atoms with van der Waals surface area (Å²) in [5, 5.41) is 3.07. The van der Waals surface area contributed by atoms with Gasteiger partial charge >= 0.3 is 5.69 Å². The third kappa shape index (κ3) is 3.18. The number of hydrogen-bond acceptors (Lipinski definition) is 4. The van der Waals surface area contributed by atoms with Crippen molar-refractivity contribution >= 4 is 27.4 Å². The van der Waals surface area contributed by atoms with Gasteiger partial charge in [0.1, 0.15) is 11.5 Å². The average molecular weight is 353 g/mol. The quantitative estimate of drug-likeness (QED) is 0.785. The molecule has 7 heteroatoms. The lowest BCUT2D eigenvalue weighted by Gasteiger charge is -2.18. The molecule has 1 heterocycles. The van der Waals surface area contributed by atoms with E-state index in [0.29, 0.717) is 6.54 Å². The number of nitrogens with one attached hydrogen (secondary N) is 2. The summed E-state index contributed by atoms with van der Waals surface area (Å²) in [5.74, 6) is 0.148. The molecule has 0 aliphatic heterocycles. The van der Waals surface area contributed by atoms with E-state index in [1.54, 1.807) is 6.92 Å². The van der Waals surface area contributed by atoms with E-state index in [9.17, 15) is 9.59 Å². The largest absolute Gasteiger partial charge is 0.383 e. The Morgan fingerprint density at radius 3 is 2.52 bits per heavy atom. The number of benzene rings is 1. The highest BCUT2D eigenvalue weighted by atomic mass is 79.9. The Labute approximate surface area is 130 Å². The van der Waals surface area contributed by atoms with Gasteiger partial charge in [-0.15, -0.1) is 0 Å². The molecule has 0 spiro atoms. The first-order valence-electron chi connectivity index (χ1n) is 6.58. The molecule has 2 aromatic rings. The molecule has 112 valence electrons. The number of hydrogen-bond donors (Lipinski definition) is 3. The zero-order chi connectivity index (χ0) is 15.6. The lowest BCUT2D eigenvalue weighted by molar-refractivity contribution is 0.703. The Bertz CT molecular complexity index is 749. The van der Waals surface area contributed by atoms with Gasteiger partial charge in [0.25, 0.3) is 5.56 Å². The van der Waals surface area contributed by atoms with Gasteiger partial charge in [-0.2, -0.15) is 0 Å². The van der Waals surface area contributed by atoms with Crippen molar-refractivity contribution in [3.8, 4) is 0 Å². The smallest absolute Gasteiger partial charge is 0.330 e. The number of aromatic nitrogens is 2. The molecule has 6 nitrogen and oxygen atoms in total. The highest BCUT2D eigenvalue weighted by Crippen LogP contribution is 2.21. The van der Waals surface area contributed by atoms with Crippen LogP contribution >= 0.6 is 15.9 Å². The van der Waals surface area contributed by atoms with Crippen molar-refractivity contribution in [2.75, 3.05) is 11.1 Å². The number of nitrogens with zero attached hydrogens (tertiary/aromatic N) is 1. The average Bonchev–Trinajstić information content (AvgIpc) is 2.44. The first kappa shape index (κ1) is 15.4. The number of nitrogen functional groups attached to an aromatic ring is 1. The van der Waals surface area contributed by atoms with Gasteiger partial charge in [0.05, 0.1) is 0 Å². The highest BCUT2D eigenvalue weighted by Gasteiger charge is 2.14. The molecule has 1 atom stereocenters. The van der Waals surface area contributed by atoms with Crippen molar-refractivity contribution < 1.29 is 0 Å². The number of halogens is 1. The fourth-order valence-corrected chi connectivity index (χ4v) is 2.36. The minimum Gasteiger partial charge on any atom is -0.383 e. The third-order valence-electron chi connectivity index (χ3n) is 3.29. The third-order valence-corrected chi connectivity index (χ3v) is 3.82. The van der Waals surface area contributed by atoms with Crippen molar-refractivity contribution in [1.29, 1.82) is 0 Å². The monoisotopic (exact) mass is 352 g/mol. The maximum absolute atomic E-state index is 11.9. The predicted molar refractivity (Wildman–Crippen MR) is 87.6 cm³/mol. The molecule has 4 N–H and O–H groups in total. The summed E-state index contributed by atoms with van der Waals surface area (Å²) < 4.78 is 2.30. The van der Waals surface area contributed by atoms with Gasteiger partial charge in [0, 0.05) is 17.1 Å². The molecule has 0 aliphatic rings. The normalized spacial score (nSPS) is 12.1. The second-order valence-corrected chi connectivity index (χ2v) is 5.60. The molecule has 0 fully saturated rings. The fraction of sp³-hybridized carbons (Fsp3) is 0.286. The van der Waals surface area contributed by atoms with Gasteiger partial charge in [-0.1, -0.05) is 28.1 Å². The first-order valence-corrected chi connectivity index (χ1v) is 7.38. The Morgan fingerprint density at radius 2 is 1.95 bits per heavy atom. The SMILES string of the molecule is CCn1c(N)c(NC(C)c2ccc(Br)cc2)c(=O)[nH]c1=O. The molecule has 2 rings (SSSR count). The maximum Gasteiger partial charge on any atom is 0.330 e. The van der Waals surface area contributed by atoms with Gasteiger partial charge in [0.2, 0.25) is 0 Å². The van der Waals surface area contributed by atoms with E-state index < -0.39 is 11.2 Å². The molecular formula is C14H17BrN4O2. The van der Waals surface area contributed by atoms with E-state index in [1.807, 2.05) is 31.2 Å². The summed E-state index contributed by atoms with van der Waals surface area (Å²) in [7, 11) is 0. The van der Waals surface area contributed by atoms with Crippen LogP contribution in [0.4, 0.5) is 11.5 Å². The predicted octanol–water partition coefficient (Wildman–Crippen LogP) is 2.07. The molecule has 1 unspecified atom stereocenters. The number of nitrogens with two attached hydrogens (primary N) is 1. The van der Waals surface area contributed by atoms with Crippen molar-refractivity contribution in [1.82, 2.24) is 9.55 Å². The minimum atomic E-state index is -0.508. The molecule has 0 saturated heterocycles. The van der Waals surface area contributed by atoms with Crippen LogP contribution in [-0.4, -0.2) is 9.55 Å². The van der Waals surface area contributed by atoms with Crippen molar-refractivity contribution in [3.05, 3.63) is 55.1 Å². The number of rotatable bonds is 4. The zero-order valence-corrected chi connectivity index (χ0v) is 13.4. The number of anilines is 2. The van der Waals surface area contributed by atoms with Crippen molar-refractivity contribution in [2.24, 2.45) is 0 Å². The second kappa shape index (κ2) is 6.17. The van der Waals surface area contributed by atoms with Gasteiger partial charge in [-0.05, 0) is 31.5 Å². The Kier molecular flexibility index (Phi) is 4.52. The molecule has 0 radical (unpaired) electrons. The molecular weight excluding hydrogens is 336 g/mol. The van der Waals surface area contributed by atoms with Crippen LogP contribution in [0.25, 0.3) is 0 Å². The minimum absolute atomic E-state index is 0.121. The topological polar surface area (TPSA) is 92.9 Å². The molecule has 1 aromatic carbocycles. The van der Waals surface area contributed by atoms with E-state index in [0.717, 1.165) is 10.0 Å². The molecule has 0 bridgehead atoms. The van der Waals surface area contributed by atoms with Crippen LogP contribution in [0.1, 0.15) is 25.5 Å². The van der Waals surface area contributed by atoms with Crippen molar-refractivity contribution in [3.63, 3.8) is 0 Å². The summed E-state index contributed by atoms with van der Waals surface area (Å²) in [4.78, 5) is 25.8. The Balaban J connectivity index is 2.37. The van der Waals surface area contributed by atoms with Gasteiger partial charge in [-0.3, -0.25) is 14.3 Å². The van der Waals surface area contributed by atoms with Crippen LogP contribution in [-0.2, 0) is 6.54 Å². The molecule has 21 heavy (non-hydrogen) atoms. The van der Waals surface area contributed by atoms with E-state index >= 15 is 0 Å². The van der Waals surface area contributed by atoms with E-state index in [-0.39, 0.29) is 17.5 Å². The van der Waals surface area contributed by atoms with E-state index in [1.165, 1.54) is 4.57 Å². The van der Waals surface area contributed by atoms with E-state index in [2.05, 4.69) is 26.2 Å². The highest BCUT2D eigenvalue weighted by molar-refractivity contribution is 9.10. The van der Waals surface area contributed by atoms with Gasteiger partial charge in [0.15, 0.2) is 0 Å². The molecule has 0 amide bonds. The molecule has 0 saturated carbocycles. The zero-order valence-electron chi connectivity index (χ0n) is 11.8. The first-order chi connectivity index (χ1) is 9.93. The van der Waals surface area contributed by atoms with Crippen LogP contribution in [0.2, 0.25) is 0 Å². The van der Waals surface area contributed by atoms with Crippen LogP contribution in [0.5, 0.6) is 0 Å². The summed E-state index contributed by atoms with van der Waals surface area (Å²) in [6.07, 6.45) is 0. The lowest BCUT2D eigenvalue weighted by atomic mass is 10.1. The van der Waals surface area contributed by atoms with Crippen molar-refractivity contribution in [2.45, 2.75) is 26.4 Å². The number of H-pyrrole nitrogens is 1. The van der Waals surface area contributed by atoms with Crippen LogP contribution in [0, 0.1) is 0 Å². The van der Waals surface area contributed by atoms with E-state index in [4.69, 9.17) is 5.73 Å².